The van der Waals surface area contributed by atoms with E-state index in [2.05, 4.69) is 0 Å². The van der Waals surface area contributed by atoms with Gasteiger partial charge in [0.25, 0.3) is 0 Å². The second kappa shape index (κ2) is 4.80. The van der Waals surface area contributed by atoms with Crippen LogP contribution in [0.5, 0.6) is 5.75 Å². The summed E-state index contributed by atoms with van der Waals surface area (Å²) in [5.74, 6) is -1.37. The Balaban J connectivity index is 3.05. The van der Waals surface area contributed by atoms with Crippen LogP contribution in [0, 0.1) is 10.1 Å². The first-order valence-corrected chi connectivity index (χ1v) is 4.63. The molecule has 1 aromatic rings. The van der Waals surface area contributed by atoms with E-state index < -0.39 is 17.0 Å². The van der Waals surface area contributed by atoms with Crippen molar-refractivity contribution in [3.8, 4) is 5.75 Å². The average Bonchev–Trinajstić information content (AvgIpc) is 2.16. The van der Waals surface area contributed by atoms with Crippen LogP contribution in [0.3, 0.4) is 0 Å². The normalized spacial score (nSPS) is 11.9. The van der Waals surface area contributed by atoms with E-state index in [9.17, 15) is 14.9 Å². The minimum atomic E-state index is -1.21. The molecule has 0 unspecified atom stereocenters. The molecule has 0 saturated heterocycles. The number of nitro groups is 1. The molecule has 0 amide bonds. The third kappa shape index (κ3) is 2.83. The quantitative estimate of drug-likeness (QED) is 0.648. The van der Waals surface area contributed by atoms with Crippen molar-refractivity contribution in [2.24, 2.45) is 0 Å². The maximum atomic E-state index is 10.6. The van der Waals surface area contributed by atoms with Gasteiger partial charge in [-0.25, -0.2) is 4.79 Å². The van der Waals surface area contributed by atoms with Gasteiger partial charge in [-0.3, -0.25) is 10.1 Å². The second-order valence-electron chi connectivity index (χ2n) is 2.97. The molecule has 0 aromatic heterocycles. The van der Waals surface area contributed by atoms with E-state index in [1.165, 1.54) is 19.1 Å². The van der Waals surface area contributed by atoms with E-state index in [4.69, 9.17) is 21.4 Å². The summed E-state index contributed by atoms with van der Waals surface area (Å²) in [5.41, 5.74) is -0.322. The van der Waals surface area contributed by atoms with E-state index >= 15 is 0 Å². The predicted molar refractivity (Wildman–Crippen MR) is 55.8 cm³/mol. The number of hydrogen-bond acceptors (Lipinski definition) is 4. The first kappa shape index (κ1) is 12.3. The Morgan fingerprint density at radius 1 is 1.62 bits per heavy atom. The molecule has 0 aliphatic heterocycles. The molecule has 6 nitrogen and oxygen atoms in total. The summed E-state index contributed by atoms with van der Waals surface area (Å²) in [6, 6.07) is 3.70. The zero-order valence-electron chi connectivity index (χ0n) is 8.21. The Labute approximate surface area is 95.6 Å². The second-order valence-corrected chi connectivity index (χ2v) is 3.40. The number of benzene rings is 1. The minimum Gasteiger partial charge on any atom is -0.479 e. The zero-order chi connectivity index (χ0) is 12.3. The van der Waals surface area contributed by atoms with Gasteiger partial charge in [0.15, 0.2) is 11.9 Å². The number of ether oxygens (including phenoxy) is 1. The van der Waals surface area contributed by atoms with Crippen LogP contribution in [-0.4, -0.2) is 22.1 Å². The number of nitro benzene ring substituents is 1. The Morgan fingerprint density at radius 2 is 2.25 bits per heavy atom. The van der Waals surface area contributed by atoms with E-state index in [0.29, 0.717) is 0 Å². The summed E-state index contributed by atoms with van der Waals surface area (Å²) >= 11 is 5.63. The fourth-order valence-corrected chi connectivity index (χ4v) is 1.14. The van der Waals surface area contributed by atoms with Crippen LogP contribution in [0.2, 0.25) is 5.02 Å². The van der Waals surface area contributed by atoms with E-state index in [-0.39, 0.29) is 16.5 Å². The molecule has 86 valence electrons. The molecule has 0 spiro atoms. The standard InChI is InChI=1S/C9H8ClNO5/c1-5(9(12)13)16-8-4-6(10)2-3-7(8)11(14)15/h2-5H,1H3,(H,12,13)/t5-/m1/s1. The van der Waals surface area contributed by atoms with Crippen molar-refractivity contribution < 1.29 is 19.6 Å². The largest absolute Gasteiger partial charge is 0.479 e. The van der Waals surface area contributed by atoms with Crippen molar-refractivity contribution in [2.75, 3.05) is 0 Å². The van der Waals surface area contributed by atoms with Gasteiger partial charge < -0.3 is 9.84 Å². The molecule has 0 radical (unpaired) electrons. The third-order valence-corrected chi connectivity index (χ3v) is 2.01. The summed E-state index contributed by atoms with van der Waals surface area (Å²) in [6.45, 7) is 1.27. The molecule has 1 atom stereocenters. The summed E-state index contributed by atoms with van der Waals surface area (Å²) in [5, 5.41) is 19.5. The third-order valence-electron chi connectivity index (χ3n) is 1.77. The number of carboxylic acids is 1. The van der Waals surface area contributed by atoms with Crippen LogP contribution >= 0.6 is 11.6 Å². The Kier molecular flexibility index (Phi) is 3.68. The van der Waals surface area contributed by atoms with Gasteiger partial charge in [0.05, 0.1) is 4.92 Å². The van der Waals surface area contributed by atoms with E-state index in [1.807, 2.05) is 0 Å². The summed E-state index contributed by atoms with van der Waals surface area (Å²) in [7, 11) is 0. The minimum absolute atomic E-state index is 0.160. The lowest BCUT2D eigenvalue weighted by atomic mass is 10.3. The van der Waals surface area contributed by atoms with Gasteiger partial charge in [0.1, 0.15) is 0 Å². The van der Waals surface area contributed by atoms with E-state index in [1.54, 1.807) is 0 Å². The molecule has 0 bridgehead atoms. The van der Waals surface area contributed by atoms with Crippen molar-refractivity contribution in [1.29, 1.82) is 0 Å². The molecular formula is C9H8ClNO5. The molecule has 16 heavy (non-hydrogen) atoms. The molecule has 1 N–H and O–H groups in total. The number of aliphatic carboxylic acids is 1. The molecule has 0 heterocycles. The van der Waals surface area contributed by atoms with Crippen molar-refractivity contribution in [3.63, 3.8) is 0 Å². The Hall–Kier alpha value is -1.82. The van der Waals surface area contributed by atoms with Crippen LogP contribution in [0.15, 0.2) is 18.2 Å². The number of halogens is 1. The highest BCUT2D eigenvalue weighted by Gasteiger charge is 2.20. The number of carbonyl (C=O) groups is 1. The monoisotopic (exact) mass is 245 g/mol. The lowest BCUT2D eigenvalue weighted by Crippen LogP contribution is -2.23. The highest BCUT2D eigenvalue weighted by atomic mass is 35.5. The molecule has 7 heteroatoms. The summed E-state index contributed by atoms with van der Waals surface area (Å²) < 4.78 is 4.92. The molecule has 0 fully saturated rings. The highest BCUT2D eigenvalue weighted by Crippen LogP contribution is 2.30. The van der Waals surface area contributed by atoms with Crippen LogP contribution < -0.4 is 4.74 Å². The fraction of sp³-hybridized carbons (Fsp3) is 0.222. The van der Waals surface area contributed by atoms with Crippen LogP contribution in [-0.2, 0) is 4.79 Å². The van der Waals surface area contributed by atoms with Crippen LogP contribution in [0.1, 0.15) is 6.92 Å². The average molecular weight is 246 g/mol. The highest BCUT2D eigenvalue weighted by molar-refractivity contribution is 6.30. The van der Waals surface area contributed by atoms with Gasteiger partial charge in [0, 0.05) is 17.2 Å². The zero-order valence-corrected chi connectivity index (χ0v) is 8.97. The van der Waals surface area contributed by atoms with Gasteiger partial charge in [-0.05, 0) is 13.0 Å². The molecule has 0 aliphatic carbocycles. The Morgan fingerprint density at radius 3 is 2.75 bits per heavy atom. The smallest absolute Gasteiger partial charge is 0.344 e. The van der Waals surface area contributed by atoms with Crippen molar-refractivity contribution in [2.45, 2.75) is 13.0 Å². The first-order valence-electron chi connectivity index (χ1n) is 4.25. The van der Waals surface area contributed by atoms with Crippen molar-refractivity contribution in [1.82, 2.24) is 0 Å². The van der Waals surface area contributed by atoms with E-state index in [0.717, 1.165) is 6.07 Å². The number of nitrogens with zero attached hydrogens (tertiary/aromatic N) is 1. The number of hydrogen-bond donors (Lipinski definition) is 1. The van der Waals surface area contributed by atoms with Crippen molar-refractivity contribution in [3.05, 3.63) is 33.3 Å². The van der Waals surface area contributed by atoms with Gasteiger partial charge in [-0.2, -0.15) is 0 Å². The van der Waals surface area contributed by atoms with Crippen molar-refractivity contribution >= 4 is 23.3 Å². The molecular weight excluding hydrogens is 238 g/mol. The fourth-order valence-electron chi connectivity index (χ4n) is 0.974. The topological polar surface area (TPSA) is 89.7 Å². The SMILES string of the molecule is C[C@@H](Oc1cc(Cl)ccc1[N+](=O)[O-])C(=O)O. The van der Waals surface area contributed by atoms with Crippen LogP contribution in [0.4, 0.5) is 5.69 Å². The molecule has 0 saturated carbocycles. The lowest BCUT2D eigenvalue weighted by Gasteiger charge is -2.10. The summed E-state index contributed by atoms with van der Waals surface area (Å²) in [4.78, 5) is 20.5. The summed E-state index contributed by atoms with van der Waals surface area (Å²) in [6.07, 6.45) is -1.18. The van der Waals surface area contributed by atoms with Gasteiger partial charge in [0.2, 0.25) is 0 Å². The lowest BCUT2D eigenvalue weighted by molar-refractivity contribution is -0.386. The number of rotatable bonds is 4. The van der Waals surface area contributed by atoms with Gasteiger partial charge in [-0.15, -0.1) is 0 Å². The van der Waals surface area contributed by atoms with Gasteiger partial charge >= 0.3 is 11.7 Å². The molecule has 1 aromatic carbocycles. The predicted octanol–water partition coefficient (Wildman–Crippen LogP) is 2.10. The molecule has 1 rings (SSSR count). The maximum Gasteiger partial charge on any atom is 0.344 e. The molecule has 0 aliphatic rings. The number of carboxylic acid groups (broad SMARTS) is 1. The van der Waals surface area contributed by atoms with Gasteiger partial charge in [-0.1, -0.05) is 11.6 Å². The first-order chi connectivity index (χ1) is 7.41. The Bertz CT molecular complexity index is 434. The van der Waals surface area contributed by atoms with Crippen LogP contribution in [0.25, 0.3) is 0 Å². The maximum absolute atomic E-state index is 10.6.